The Morgan fingerprint density at radius 2 is 2.09 bits per heavy atom. The van der Waals surface area contributed by atoms with Crippen LogP contribution in [0.15, 0.2) is 36.5 Å². The van der Waals surface area contributed by atoms with E-state index < -0.39 is 0 Å². The van der Waals surface area contributed by atoms with Gasteiger partial charge in [-0.1, -0.05) is 29.8 Å². The smallest absolute Gasteiger partial charge is 0.317 e. The van der Waals surface area contributed by atoms with Crippen molar-refractivity contribution in [3.63, 3.8) is 0 Å². The zero-order valence-corrected chi connectivity index (χ0v) is 14.0. The molecule has 2 aromatic rings. The Hall–Kier alpha value is -2.08. The summed E-state index contributed by atoms with van der Waals surface area (Å²) < 4.78 is 5.44. The molecule has 3 rings (SSSR count). The molecule has 1 atom stereocenters. The third-order valence-corrected chi connectivity index (χ3v) is 4.93. The molecule has 2 heterocycles. The van der Waals surface area contributed by atoms with E-state index in [-0.39, 0.29) is 23.9 Å². The number of rotatable bonds is 4. The SMILES string of the molecule is Cc1ccc(C2SCCN2C(=O)COc2nccc(C)n2)cc1. The maximum Gasteiger partial charge on any atom is 0.317 e. The van der Waals surface area contributed by atoms with E-state index in [0.717, 1.165) is 23.6 Å². The third-order valence-electron chi connectivity index (χ3n) is 3.67. The molecule has 0 radical (unpaired) electrons. The van der Waals surface area contributed by atoms with Crippen molar-refractivity contribution in [3.8, 4) is 6.01 Å². The first-order valence-electron chi connectivity index (χ1n) is 7.53. The molecule has 0 bridgehead atoms. The number of hydrogen-bond donors (Lipinski definition) is 0. The van der Waals surface area contributed by atoms with Gasteiger partial charge in [0.1, 0.15) is 5.37 Å². The lowest BCUT2D eigenvalue weighted by Gasteiger charge is -2.24. The number of hydrogen-bond acceptors (Lipinski definition) is 5. The van der Waals surface area contributed by atoms with Gasteiger partial charge in [-0.3, -0.25) is 4.79 Å². The van der Waals surface area contributed by atoms with Gasteiger partial charge < -0.3 is 9.64 Å². The predicted molar refractivity (Wildman–Crippen MR) is 90.4 cm³/mol. The molecule has 1 fully saturated rings. The van der Waals surface area contributed by atoms with E-state index in [1.54, 1.807) is 24.0 Å². The van der Waals surface area contributed by atoms with Gasteiger partial charge in [-0.2, -0.15) is 0 Å². The normalized spacial score (nSPS) is 17.3. The first kappa shape index (κ1) is 15.8. The van der Waals surface area contributed by atoms with Crippen molar-refractivity contribution < 1.29 is 9.53 Å². The number of carbonyl (C=O) groups is 1. The molecule has 120 valence electrons. The topological polar surface area (TPSA) is 55.3 Å². The fourth-order valence-electron chi connectivity index (χ4n) is 2.44. The van der Waals surface area contributed by atoms with Crippen molar-refractivity contribution in [2.24, 2.45) is 0 Å². The Morgan fingerprint density at radius 1 is 1.30 bits per heavy atom. The second kappa shape index (κ2) is 7.00. The van der Waals surface area contributed by atoms with Crippen molar-refractivity contribution in [2.45, 2.75) is 19.2 Å². The first-order valence-corrected chi connectivity index (χ1v) is 8.58. The molecule has 0 saturated carbocycles. The van der Waals surface area contributed by atoms with Crippen LogP contribution in [-0.2, 0) is 4.79 Å². The van der Waals surface area contributed by atoms with E-state index in [4.69, 9.17) is 4.74 Å². The summed E-state index contributed by atoms with van der Waals surface area (Å²) in [5.74, 6) is 0.899. The van der Waals surface area contributed by atoms with Crippen molar-refractivity contribution in [3.05, 3.63) is 53.3 Å². The lowest BCUT2D eigenvalue weighted by Crippen LogP contribution is -2.34. The van der Waals surface area contributed by atoms with Gasteiger partial charge in [0.25, 0.3) is 5.91 Å². The van der Waals surface area contributed by atoms with Gasteiger partial charge >= 0.3 is 6.01 Å². The second-order valence-corrected chi connectivity index (χ2v) is 6.68. The molecule has 1 aliphatic rings. The number of aromatic nitrogens is 2. The highest BCUT2D eigenvalue weighted by atomic mass is 32.2. The van der Waals surface area contributed by atoms with Crippen molar-refractivity contribution in [2.75, 3.05) is 18.9 Å². The highest BCUT2D eigenvalue weighted by molar-refractivity contribution is 7.99. The Balaban J connectivity index is 1.65. The summed E-state index contributed by atoms with van der Waals surface area (Å²) in [6.45, 7) is 4.62. The average Bonchev–Trinajstić information content (AvgIpc) is 3.03. The molecule has 1 aromatic heterocycles. The molecule has 1 aromatic carbocycles. The lowest BCUT2D eigenvalue weighted by atomic mass is 10.1. The summed E-state index contributed by atoms with van der Waals surface area (Å²) in [5.41, 5.74) is 3.18. The highest BCUT2D eigenvalue weighted by Gasteiger charge is 2.30. The quantitative estimate of drug-likeness (QED) is 0.863. The van der Waals surface area contributed by atoms with Crippen LogP contribution in [0.2, 0.25) is 0 Å². The van der Waals surface area contributed by atoms with Gasteiger partial charge in [0, 0.05) is 24.2 Å². The van der Waals surface area contributed by atoms with Crippen molar-refractivity contribution >= 4 is 17.7 Å². The van der Waals surface area contributed by atoms with Gasteiger partial charge in [0.05, 0.1) is 0 Å². The van der Waals surface area contributed by atoms with Gasteiger partial charge in [-0.15, -0.1) is 11.8 Å². The number of carbonyl (C=O) groups excluding carboxylic acids is 1. The van der Waals surface area contributed by atoms with Gasteiger partial charge in [0.2, 0.25) is 0 Å². The van der Waals surface area contributed by atoms with E-state index >= 15 is 0 Å². The summed E-state index contributed by atoms with van der Waals surface area (Å²) in [7, 11) is 0. The Bertz CT molecular complexity index is 690. The molecule has 0 aliphatic carbocycles. The maximum atomic E-state index is 12.5. The summed E-state index contributed by atoms with van der Waals surface area (Å²) in [6.07, 6.45) is 1.63. The van der Waals surface area contributed by atoms with Crippen LogP contribution >= 0.6 is 11.8 Å². The molecule has 6 heteroatoms. The van der Waals surface area contributed by atoms with Gasteiger partial charge in [-0.05, 0) is 25.5 Å². The number of thioether (sulfide) groups is 1. The van der Waals surface area contributed by atoms with Crippen LogP contribution in [0.1, 0.15) is 22.2 Å². The predicted octanol–water partition coefficient (Wildman–Crippen LogP) is 2.75. The number of amides is 1. The minimum absolute atomic E-state index is 0.0353. The molecular weight excluding hydrogens is 310 g/mol. The molecule has 5 nitrogen and oxygen atoms in total. The van der Waals surface area contributed by atoms with Crippen LogP contribution in [0.25, 0.3) is 0 Å². The molecule has 0 spiro atoms. The maximum absolute atomic E-state index is 12.5. The fraction of sp³-hybridized carbons (Fsp3) is 0.353. The van der Waals surface area contributed by atoms with Crippen LogP contribution in [0.3, 0.4) is 0 Å². The molecule has 1 amide bonds. The summed E-state index contributed by atoms with van der Waals surface area (Å²) in [4.78, 5) is 22.5. The zero-order chi connectivity index (χ0) is 16.2. The fourth-order valence-corrected chi connectivity index (χ4v) is 3.72. The number of benzene rings is 1. The first-order chi connectivity index (χ1) is 11.1. The highest BCUT2D eigenvalue weighted by Crippen LogP contribution is 2.37. The molecule has 0 N–H and O–H groups in total. The summed E-state index contributed by atoms with van der Waals surface area (Å²) in [6, 6.07) is 10.4. The van der Waals surface area contributed by atoms with Crippen LogP contribution in [0, 0.1) is 13.8 Å². The van der Waals surface area contributed by atoms with E-state index in [2.05, 4.69) is 41.2 Å². The number of nitrogens with zero attached hydrogens (tertiary/aromatic N) is 3. The minimum Gasteiger partial charge on any atom is -0.453 e. The van der Waals surface area contributed by atoms with E-state index in [9.17, 15) is 4.79 Å². The van der Waals surface area contributed by atoms with Crippen LogP contribution in [0.5, 0.6) is 6.01 Å². The Kier molecular flexibility index (Phi) is 4.81. The van der Waals surface area contributed by atoms with Crippen molar-refractivity contribution in [1.82, 2.24) is 14.9 Å². The molecule has 1 aliphatic heterocycles. The van der Waals surface area contributed by atoms with Gasteiger partial charge in [-0.25, -0.2) is 9.97 Å². The van der Waals surface area contributed by atoms with Crippen molar-refractivity contribution in [1.29, 1.82) is 0 Å². The molecule has 1 saturated heterocycles. The largest absolute Gasteiger partial charge is 0.453 e. The van der Waals surface area contributed by atoms with Crippen LogP contribution in [-0.4, -0.2) is 39.7 Å². The summed E-state index contributed by atoms with van der Waals surface area (Å²) >= 11 is 1.78. The Labute approximate surface area is 140 Å². The van der Waals surface area contributed by atoms with E-state index in [0.29, 0.717) is 0 Å². The third kappa shape index (κ3) is 3.82. The minimum atomic E-state index is -0.0364. The van der Waals surface area contributed by atoms with Gasteiger partial charge in [0.15, 0.2) is 6.61 Å². The number of aryl methyl sites for hydroxylation is 2. The molecule has 23 heavy (non-hydrogen) atoms. The van der Waals surface area contributed by atoms with Crippen LogP contribution < -0.4 is 4.74 Å². The van der Waals surface area contributed by atoms with Crippen LogP contribution in [0.4, 0.5) is 0 Å². The van der Waals surface area contributed by atoms with E-state index in [1.807, 2.05) is 11.8 Å². The zero-order valence-electron chi connectivity index (χ0n) is 13.2. The number of ether oxygens (including phenoxy) is 1. The monoisotopic (exact) mass is 329 g/mol. The lowest BCUT2D eigenvalue weighted by molar-refractivity contribution is -0.133. The standard InChI is InChI=1S/C17H19N3O2S/c1-12-3-5-14(6-4-12)16-20(9-10-23-16)15(21)11-22-17-18-8-7-13(2)19-17/h3-8,16H,9-11H2,1-2H3. The average molecular weight is 329 g/mol. The Morgan fingerprint density at radius 3 is 2.83 bits per heavy atom. The van der Waals surface area contributed by atoms with E-state index in [1.165, 1.54) is 5.56 Å². The molecular formula is C17H19N3O2S. The molecule has 1 unspecified atom stereocenters. The summed E-state index contributed by atoms with van der Waals surface area (Å²) in [5, 5.41) is 0.0603. The second-order valence-electron chi connectivity index (χ2n) is 5.49.